The van der Waals surface area contributed by atoms with Crippen LogP contribution >= 0.6 is 35.0 Å². The molecule has 0 fully saturated rings. The van der Waals surface area contributed by atoms with Gasteiger partial charge in [0.25, 0.3) is 5.56 Å². The Kier molecular flexibility index (Phi) is 6.74. The van der Waals surface area contributed by atoms with Crippen molar-refractivity contribution in [3.63, 3.8) is 0 Å². The van der Waals surface area contributed by atoms with Gasteiger partial charge in [-0.15, -0.1) is 0 Å². The van der Waals surface area contributed by atoms with Crippen LogP contribution in [0.4, 0.5) is 13.2 Å². The molecule has 2 heterocycles. The summed E-state index contributed by atoms with van der Waals surface area (Å²) in [4.78, 5) is 24.4. The minimum Gasteiger partial charge on any atom is -0.309 e. The van der Waals surface area contributed by atoms with E-state index in [0.717, 1.165) is 17.7 Å². The van der Waals surface area contributed by atoms with E-state index in [-0.39, 0.29) is 16.1 Å². The molecule has 0 unspecified atom stereocenters. The molecule has 11 heteroatoms. The van der Waals surface area contributed by atoms with E-state index in [9.17, 15) is 18.0 Å². The highest BCUT2D eigenvalue weighted by atomic mass is 35.5. The first-order valence-corrected chi connectivity index (χ1v) is 11.7. The number of aromatic amines is 1. The van der Waals surface area contributed by atoms with Crippen molar-refractivity contribution in [3.05, 3.63) is 74.0 Å². The molecule has 0 bridgehead atoms. The molecule has 0 amide bonds. The second kappa shape index (κ2) is 9.40. The van der Waals surface area contributed by atoms with Gasteiger partial charge in [-0.05, 0) is 55.3 Å². The maximum atomic E-state index is 12.8. The van der Waals surface area contributed by atoms with Gasteiger partial charge in [0.15, 0.2) is 16.3 Å². The molecule has 172 valence electrons. The lowest BCUT2D eigenvalue weighted by molar-refractivity contribution is -0.137. The highest BCUT2D eigenvalue weighted by Gasteiger charge is 2.30. The number of rotatable bonds is 6. The maximum Gasteiger partial charge on any atom is 0.416 e. The average Bonchev–Trinajstić information content (AvgIpc) is 3.14. The Bertz CT molecular complexity index is 1370. The van der Waals surface area contributed by atoms with Crippen molar-refractivity contribution in [2.75, 3.05) is 5.75 Å². The van der Waals surface area contributed by atoms with Gasteiger partial charge in [-0.2, -0.15) is 13.2 Å². The van der Waals surface area contributed by atoms with E-state index in [1.165, 1.54) is 17.8 Å². The van der Waals surface area contributed by atoms with Crippen molar-refractivity contribution >= 4 is 46.1 Å². The number of nitrogens with one attached hydrogen (secondary N) is 1. The van der Waals surface area contributed by atoms with Crippen LogP contribution in [0, 0.1) is 0 Å². The zero-order valence-corrected chi connectivity index (χ0v) is 19.5. The minimum absolute atomic E-state index is 0.0546. The largest absolute Gasteiger partial charge is 0.416 e. The number of benzene rings is 2. The van der Waals surface area contributed by atoms with Gasteiger partial charge in [0.2, 0.25) is 0 Å². The molecule has 2 aromatic carbocycles. The smallest absolute Gasteiger partial charge is 0.309 e. The molecule has 0 spiro atoms. The minimum atomic E-state index is -4.44. The SMILES string of the molecule is CCn1c(-c2ccc(Cl)cc2)nc2c(=O)[nH]c(SCCc3ccc(C(F)(F)F)cc3Cl)nc21. The summed E-state index contributed by atoms with van der Waals surface area (Å²) in [5, 5.41) is 1.05. The van der Waals surface area contributed by atoms with Crippen LogP contribution < -0.4 is 5.56 Å². The summed E-state index contributed by atoms with van der Waals surface area (Å²) >= 11 is 13.3. The van der Waals surface area contributed by atoms with Gasteiger partial charge >= 0.3 is 6.18 Å². The molecule has 2 aromatic heterocycles. The van der Waals surface area contributed by atoms with Crippen LogP contribution in [-0.4, -0.2) is 25.3 Å². The molecule has 33 heavy (non-hydrogen) atoms. The molecular weight excluding hydrogens is 496 g/mol. The molecule has 4 rings (SSSR count). The van der Waals surface area contributed by atoms with Crippen molar-refractivity contribution in [3.8, 4) is 11.4 Å². The monoisotopic (exact) mass is 512 g/mol. The van der Waals surface area contributed by atoms with E-state index in [1.54, 1.807) is 12.1 Å². The fraction of sp³-hybridized carbons (Fsp3) is 0.227. The van der Waals surface area contributed by atoms with Crippen LogP contribution in [0.3, 0.4) is 0 Å². The van der Waals surface area contributed by atoms with Gasteiger partial charge in [0.1, 0.15) is 5.82 Å². The van der Waals surface area contributed by atoms with Gasteiger partial charge in [0.05, 0.1) is 5.56 Å². The van der Waals surface area contributed by atoms with Gasteiger partial charge in [-0.3, -0.25) is 9.78 Å². The van der Waals surface area contributed by atoms with E-state index < -0.39 is 11.7 Å². The van der Waals surface area contributed by atoms with E-state index in [2.05, 4.69) is 15.0 Å². The highest BCUT2D eigenvalue weighted by Crippen LogP contribution is 2.32. The lowest BCUT2D eigenvalue weighted by Crippen LogP contribution is -2.10. The Labute approximate surface area is 201 Å². The number of nitrogens with zero attached hydrogens (tertiary/aromatic N) is 3. The molecule has 4 aromatic rings. The molecule has 0 saturated heterocycles. The van der Waals surface area contributed by atoms with Crippen LogP contribution in [0.1, 0.15) is 18.1 Å². The summed E-state index contributed by atoms with van der Waals surface area (Å²) in [5.74, 6) is 1.07. The summed E-state index contributed by atoms with van der Waals surface area (Å²) < 4.78 is 40.3. The van der Waals surface area contributed by atoms with Crippen LogP contribution in [0.5, 0.6) is 0 Å². The number of hydrogen-bond donors (Lipinski definition) is 1. The normalized spacial score (nSPS) is 11.9. The number of fused-ring (bicyclic) bond motifs is 1. The van der Waals surface area contributed by atoms with Gasteiger partial charge in [0, 0.05) is 27.9 Å². The topological polar surface area (TPSA) is 63.6 Å². The van der Waals surface area contributed by atoms with E-state index in [4.69, 9.17) is 23.2 Å². The molecule has 5 nitrogen and oxygen atoms in total. The number of alkyl halides is 3. The second-order valence-electron chi connectivity index (χ2n) is 7.13. The Morgan fingerprint density at radius 1 is 1.09 bits per heavy atom. The third-order valence-corrected chi connectivity index (χ3v) is 6.47. The van der Waals surface area contributed by atoms with Gasteiger partial charge in [-0.25, -0.2) is 9.97 Å². The number of thioether (sulfide) groups is 1. The Morgan fingerprint density at radius 2 is 1.82 bits per heavy atom. The fourth-order valence-corrected chi connectivity index (χ4v) is 4.59. The number of hydrogen-bond acceptors (Lipinski definition) is 4. The molecule has 0 radical (unpaired) electrons. The summed E-state index contributed by atoms with van der Waals surface area (Å²) in [6.07, 6.45) is -4.03. The van der Waals surface area contributed by atoms with Crippen LogP contribution in [0.25, 0.3) is 22.6 Å². The quantitative estimate of drug-likeness (QED) is 0.237. The van der Waals surface area contributed by atoms with E-state index in [0.29, 0.717) is 45.9 Å². The van der Waals surface area contributed by atoms with E-state index >= 15 is 0 Å². The van der Waals surface area contributed by atoms with Crippen molar-refractivity contribution in [2.24, 2.45) is 0 Å². The first-order valence-electron chi connectivity index (χ1n) is 9.92. The fourth-order valence-electron chi connectivity index (χ4n) is 3.36. The number of halogens is 5. The van der Waals surface area contributed by atoms with Crippen LogP contribution in [0.2, 0.25) is 10.0 Å². The maximum absolute atomic E-state index is 12.8. The Balaban J connectivity index is 1.57. The molecule has 0 atom stereocenters. The number of aromatic nitrogens is 4. The molecule has 0 saturated carbocycles. The first-order chi connectivity index (χ1) is 15.7. The molecule has 0 aliphatic heterocycles. The third-order valence-electron chi connectivity index (χ3n) is 4.99. The van der Waals surface area contributed by atoms with Crippen molar-refractivity contribution in [1.82, 2.24) is 19.5 Å². The molecule has 0 aliphatic carbocycles. The Hall–Kier alpha value is -2.49. The predicted molar refractivity (Wildman–Crippen MR) is 125 cm³/mol. The number of imidazole rings is 1. The van der Waals surface area contributed by atoms with Gasteiger partial charge in [-0.1, -0.05) is 41.0 Å². The lowest BCUT2D eigenvalue weighted by atomic mass is 10.1. The summed E-state index contributed by atoms with van der Waals surface area (Å²) in [5.41, 5.74) is 0.939. The van der Waals surface area contributed by atoms with Crippen molar-refractivity contribution in [1.29, 1.82) is 0 Å². The third kappa shape index (κ3) is 5.05. The standard InChI is InChI=1S/C22H17Cl2F3N4OS/c1-2-31-18(13-4-7-15(23)8-5-13)28-17-19(31)29-21(30-20(17)32)33-10-9-12-3-6-14(11-16(12)24)22(25,26)27/h3-8,11H,2,9-10H2,1H3,(H,29,30,32). The van der Waals surface area contributed by atoms with Gasteiger partial charge < -0.3 is 4.57 Å². The summed E-state index contributed by atoms with van der Waals surface area (Å²) in [6.45, 7) is 2.49. The average molecular weight is 513 g/mol. The van der Waals surface area contributed by atoms with Crippen LogP contribution in [0.15, 0.2) is 52.4 Å². The number of aryl methyl sites for hydroxylation is 2. The molecule has 0 aliphatic rings. The van der Waals surface area contributed by atoms with E-state index in [1.807, 2.05) is 23.6 Å². The van der Waals surface area contributed by atoms with Crippen molar-refractivity contribution < 1.29 is 13.2 Å². The highest BCUT2D eigenvalue weighted by molar-refractivity contribution is 7.99. The number of H-pyrrole nitrogens is 1. The summed E-state index contributed by atoms with van der Waals surface area (Å²) in [7, 11) is 0. The predicted octanol–water partition coefficient (Wildman–Crippen LogP) is 6.47. The summed E-state index contributed by atoms with van der Waals surface area (Å²) in [6, 6.07) is 10.5. The molecule has 1 N–H and O–H groups in total. The zero-order valence-electron chi connectivity index (χ0n) is 17.2. The van der Waals surface area contributed by atoms with Crippen LogP contribution in [-0.2, 0) is 19.1 Å². The van der Waals surface area contributed by atoms with Crippen molar-refractivity contribution in [2.45, 2.75) is 31.2 Å². The molecular formula is C22H17Cl2F3N4OS. The Morgan fingerprint density at radius 3 is 2.45 bits per heavy atom. The lowest BCUT2D eigenvalue weighted by Gasteiger charge is -2.10. The first kappa shape index (κ1) is 23.7. The zero-order chi connectivity index (χ0) is 23.8. The second-order valence-corrected chi connectivity index (χ2v) is 9.06.